The van der Waals surface area contributed by atoms with Gasteiger partial charge in [0.25, 0.3) is 0 Å². The van der Waals surface area contributed by atoms with E-state index in [0.717, 1.165) is 6.42 Å². The summed E-state index contributed by atoms with van der Waals surface area (Å²) in [6.07, 6.45) is 9.79. The van der Waals surface area contributed by atoms with E-state index in [0.29, 0.717) is 21.7 Å². The Balaban J connectivity index is 1.73. The van der Waals surface area contributed by atoms with Crippen LogP contribution in [0.3, 0.4) is 0 Å². The van der Waals surface area contributed by atoms with Gasteiger partial charge in [0.1, 0.15) is 0 Å². The van der Waals surface area contributed by atoms with Gasteiger partial charge in [-0.25, -0.2) is 0 Å². The molecule has 0 amide bonds. The average Bonchev–Trinajstić information content (AvgIpc) is 2.90. The molecule has 0 aliphatic heterocycles. The lowest BCUT2D eigenvalue weighted by Gasteiger charge is -2.63. The predicted molar refractivity (Wildman–Crippen MR) is 106 cm³/mol. The van der Waals surface area contributed by atoms with E-state index in [-0.39, 0.29) is 16.7 Å². The van der Waals surface area contributed by atoms with Crippen LogP contribution in [0.15, 0.2) is 11.6 Å². The number of hydrogen-bond acceptors (Lipinski definition) is 2. The lowest BCUT2D eigenvalue weighted by molar-refractivity contribution is -0.208. The van der Waals surface area contributed by atoms with E-state index in [1.54, 1.807) is 5.57 Å². The van der Waals surface area contributed by atoms with Crippen LogP contribution in [0.5, 0.6) is 0 Å². The third kappa shape index (κ3) is 2.26. The largest absolute Gasteiger partial charge is 0.390 e. The molecule has 4 aliphatic carbocycles. The fourth-order valence-electron chi connectivity index (χ4n) is 7.54. The molecule has 2 N–H and O–H groups in total. The summed E-state index contributed by atoms with van der Waals surface area (Å²) in [6, 6.07) is 0. The summed E-state index contributed by atoms with van der Waals surface area (Å²) >= 11 is 2.55. The molecule has 136 valence electrons. The highest BCUT2D eigenvalue weighted by Crippen LogP contribution is 2.67. The monoisotopic (exact) mass is 444 g/mol. The number of aliphatic hydroxyl groups is 2. The van der Waals surface area contributed by atoms with Crippen LogP contribution in [0.1, 0.15) is 65.7 Å². The topological polar surface area (TPSA) is 40.5 Å². The molecule has 0 heterocycles. The summed E-state index contributed by atoms with van der Waals surface area (Å²) in [6.45, 7) is 7.06. The second-order valence-corrected chi connectivity index (χ2v) is 11.3. The second-order valence-electron chi connectivity index (χ2n) is 9.56. The molecule has 0 aromatic carbocycles. The van der Waals surface area contributed by atoms with Crippen molar-refractivity contribution in [2.75, 3.05) is 0 Å². The highest BCUT2D eigenvalue weighted by atomic mass is 127. The molecule has 4 saturated carbocycles. The molecule has 0 radical (unpaired) electrons. The van der Waals surface area contributed by atoms with Gasteiger partial charge in [-0.3, -0.25) is 0 Å². The van der Waals surface area contributed by atoms with Crippen molar-refractivity contribution < 1.29 is 10.2 Å². The number of alkyl halides is 1. The molecule has 0 bridgehead atoms. The van der Waals surface area contributed by atoms with E-state index in [9.17, 15) is 10.2 Å². The van der Waals surface area contributed by atoms with Gasteiger partial charge in [-0.1, -0.05) is 48.1 Å². The minimum absolute atomic E-state index is 0.227. The van der Waals surface area contributed by atoms with Gasteiger partial charge < -0.3 is 10.2 Å². The molecule has 3 heteroatoms. The van der Waals surface area contributed by atoms with Crippen LogP contribution in [0, 0.1) is 34.5 Å². The number of hydrogen-bond donors (Lipinski definition) is 2. The van der Waals surface area contributed by atoms with Crippen molar-refractivity contribution in [1.29, 1.82) is 0 Å². The summed E-state index contributed by atoms with van der Waals surface area (Å²) in [5.74, 6) is 1.74. The lowest BCUT2D eigenvalue weighted by Crippen LogP contribution is -2.63. The third-order valence-corrected chi connectivity index (χ3v) is 10.0. The maximum Gasteiger partial charge on any atom is 0.0835 e. The van der Waals surface area contributed by atoms with Crippen LogP contribution in [-0.4, -0.2) is 26.3 Å². The van der Waals surface area contributed by atoms with E-state index in [1.165, 1.54) is 38.5 Å². The first-order chi connectivity index (χ1) is 11.3. The maximum absolute atomic E-state index is 11.2. The zero-order valence-corrected chi connectivity index (χ0v) is 17.5. The molecule has 0 spiro atoms. The van der Waals surface area contributed by atoms with Gasteiger partial charge in [-0.2, -0.15) is 0 Å². The van der Waals surface area contributed by atoms with Crippen LogP contribution < -0.4 is 0 Å². The minimum atomic E-state index is -0.522. The van der Waals surface area contributed by atoms with Crippen molar-refractivity contribution in [3.05, 3.63) is 11.6 Å². The highest BCUT2D eigenvalue weighted by molar-refractivity contribution is 14.1. The number of rotatable bonds is 0. The molecule has 2 nitrogen and oxygen atoms in total. The summed E-state index contributed by atoms with van der Waals surface area (Å²) in [5.41, 5.74) is 2.10. The molecule has 4 aliphatic rings. The Kier molecular flexibility index (Phi) is 4.41. The molecule has 4 fully saturated rings. The smallest absolute Gasteiger partial charge is 0.0835 e. The zero-order chi connectivity index (χ0) is 17.3. The van der Waals surface area contributed by atoms with Gasteiger partial charge in [0.05, 0.1) is 12.2 Å². The van der Waals surface area contributed by atoms with Gasteiger partial charge in [0, 0.05) is 3.92 Å². The quantitative estimate of drug-likeness (QED) is 0.323. The molecule has 4 rings (SSSR count). The first-order valence-electron chi connectivity index (χ1n) is 9.99. The highest BCUT2D eigenvalue weighted by Gasteiger charge is 2.63. The van der Waals surface area contributed by atoms with E-state index in [4.69, 9.17) is 0 Å². The van der Waals surface area contributed by atoms with E-state index in [1.807, 2.05) is 0 Å². The van der Waals surface area contributed by atoms with Gasteiger partial charge in [-0.15, -0.1) is 0 Å². The Morgan fingerprint density at radius 3 is 2.46 bits per heavy atom. The molecule has 0 saturated heterocycles. The number of allylic oxidation sites excluding steroid dienone is 2. The molecule has 0 aromatic heterocycles. The fraction of sp³-hybridized carbons (Fsp3) is 0.905. The van der Waals surface area contributed by atoms with Crippen molar-refractivity contribution in [2.24, 2.45) is 34.5 Å². The Hall–Kier alpha value is 0.390. The minimum Gasteiger partial charge on any atom is -0.390 e. The first kappa shape index (κ1) is 17.8. The Morgan fingerprint density at radius 1 is 1.00 bits per heavy atom. The van der Waals surface area contributed by atoms with Crippen LogP contribution in [0.2, 0.25) is 0 Å². The number of fused-ring (bicyclic) bond motifs is 5. The molecule has 9 atom stereocenters. The number of aliphatic hydroxyl groups excluding tert-OH is 2. The van der Waals surface area contributed by atoms with Crippen LogP contribution in [0.4, 0.5) is 0 Å². The maximum atomic E-state index is 11.2. The molecule has 0 aromatic rings. The average molecular weight is 444 g/mol. The van der Waals surface area contributed by atoms with Crippen LogP contribution in [-0.2, 0) is 0 Å². The molecule has 24 heavy (non-hydrogen) atoms. The van der Waals surface area contributed by atoms with Crippen molar-refractivity contribution in [1.82, 2.24) is 0 Å². The van der Waals surface area contributed by atoms with Gasteiger partial charge in [0.2, 0.25) is 0 Å². The normalized spacial score (nSPS) is 58.9. The molecule has 5 unspecified atom stereocenters. The van der Waals surface area contributed by atoms with Gasteiger partial charge in [0.15, 0.2) is 0 Å². The second kappa shape index (κ2) is 5.95. The summed E-state index contributed by atoms with van der Waals surface area (Å²) in [7, 11) is 0. The van der Waals surface area contributed by atoms with E-state index in [2.05, 4.69) is 49.4 Å². The van der Waals surface area contributed by atoms with Gasteiger partial charge in [-0.05, 0) is 86.4 Å². The SMILES string of the molecule is C/C=C1/CCC2C3C(CC[C@]12C)[C@@]1(C)CCC(I)CC1[C@@H](O)[C@@H]3O. The third-order valence-electron chi connectivity index (χ3n) is 8.89. The van der Waals surface area contributed by atoms with Gasteiger partial charge >= 0.3 is 0 Å². The lowest BCUT2D eigenvalue weighted by atomic mass is 9.44. The Labute approximate surface area is 160 Å². The van der Waals surface area contributed by atoms with Crippen molar-refractivity contribution in [3.8, 4) is 0 Å². The summed E-state index contributed by atoms with van der Waals surface area (Å²) in [5, 5.41) is 22.2. The van der Waals surface area contributed by atoms with E-state index < -0.39 is 12.2 Å². The molecular formula is C21H33IO2. The predicted octanol–water partition coefficient (Wildman–Crippen LogP) is 4.72. The van der Waals surface area contributed by atoms with Crippen molar-refractivity contribution in [2.45, 2.75) is 81.8 Å². The molecular weight excluding hydrogens is 411 g/mol. The van der Waals surface area contributed by atoms with Crippen LogP contribution >= 0.6 is 22.6 Å². The van der Waals surface area contributed by atoms with Crippen molar-refractivity contribution >= 4 is 22.6 Å². The fourth-order valence-corrected chi connectivity index (χ4v) is 8.39. The number of halogens is 1. The first-order valence-corrected chi connectivity index (χ1v) is 11.2. The Bertz CT molecular complexity index is 546. The van der Waals surface area contributed by atoms with Crippen LogP contribution in [0.25, 0.3) is 0 Å². The van der Waals surface area contributed by atoms with Crippen molar-refractivity contribution in [3.63, 3.8) is 0 Å². The summed E-state index contributed by atoms with van der Waals surface area (Å²) < 4.78 is 0.661. The van der Waals surface area contributed by atoms with E-state index >= 15 is 0 Å². The standard InChI is InChI=1S/C21H33IO2/c1-4-12-5-6-14-17-15(8-10-20(12,14)2)21(3)9-7-13(22)11-16(21)18(23)19(17)24/h4,13-19,23-24H,5-11H2,1-3H3/b12-4-/t13?,14?,15?,16?,17?,18-,19-,20-,21-/m1/s1. The zero-order valence-electron chi connectivity index (χ0n) is 15.3. The summed E-state index contributed by atoms with van der Waals surface area (Å²) in [4.78, 5) is 0. The Morgan fingerprint density at radius 2 is 1.75 bits per heavy atom.